The minimum atomic E-state index is -0.547. The van der Waals surface area contributed by atoms with Crippen molar-refractivity contribution < 1.29 is 18.7 Å². The van der Waals surface area contributed by atoms with Crippen LogP contribution in [-0.4, -0.2) is 99.0 Å². The van der Waals surface area contributed by atoms with Crippen molar-refractivity contribution in [1.29, 1.82) is 0 Å². The predicted octanol–water partition coefficient (Wildman–Crippen LogP) is 2.22. The maximum atomic E-state index is 15.0. The molecule has 2 fully saturated rings. The quantitative estimate of drug-likeness (QED) is 0.401. The van der Waals surface area contributed by atoms with Crippen molar-refractivity contribution in [3.8, 4) is 5.88 Å². The van der Waals surface area contributed by atoms with Gasteiger partial charge in [0.05, 0.1) is 44.8 Å². The number of rotatable bonds is 9. The third kappa shape index (κ3) is 5.39. The molecule has 2 N–H and O–H groups in total. The fourth-order valence-electron chi connectivity index (χ4n) is 5.70. The molecular weight excluding hydrogens is 529 g/mol. The summed E-state index contributed by atoms with van der Waals surface area (Å²) in [6.45, 7) is 7.16. The van der Waals surface area contributed by atoms with E-state index in [2.05, 4.69) is 40.5 Å². The number of amides is 1. The van der Waals surface area contributed by atoms with Crippen LogP contribution in [0.5, 0.6) is 5.88 Å². The van der Waals surface area contributed by atoms with E-state index in [4.69, 9.17) is 9.47 Å². The summed E-state index contributed by atoms with van der Waals surface area (Å²) < 4.78 is 27.3. The first-order valence-corrected chi connectivity index (χ1v) is 13.9. The van der Waals surface area contributed by atoms with Gasteiger partial charge >= 0.3 is 0 Å². The van der Waals surface area contributed by atoms with Gasteiger partial charge < -0.3 is 20.1 Å². The lowest BCUT2D eigenvalue weighted by Gasteiger charge is -2.44. The average Bonchev–Trinajstić information content (AvgIpc) is 3.53. The number of ether oxygens (including phenoxy) is 2. The smallest absolute Gasteiger partial charge is 0.256 e. The number of carbonyl (C=O) groups is 1. The van der Waals surface area contributed by atoms with E-state index in [1.54, 1.807) is 24.1 Å². The number of aromatic nitrogens is 5. The first kappa shape index (κ1) is 27.2. The van der Waals surface area contributed by atoms with Crippen LogP contribution in [0.4, 0.5) is 21.8 Å². The van der Waals surface area contributed by atoms with Crippen molar-refractivity contribution in [2.24, 2.45) is 7.05 Å². The van der Waals surface area contributed by atoms with Gasteiger partial charge in [-0.15, -0.1) is 5.10 Å². The Balaban J connectivity index is 1.17. The molecule has 3 aromatic rings. The Morgan fingerprint density at radius 3 is 2.76 bits per heavy atom. The molecule has 3 aromatic heterocycles. The molecule has 1 amide bonds. The Morgan fingerprint density at radius 2 is 2.05 bits per heavy atom. The zero-order valence-electron chi connectivity index (χ0n) is 23.4. The van der Waals surface area contributed by atoms with E-state index >= 15 is 4.39 Å². The van der Waals surface area contributed by atoms with Crippen molar-refractivity contribution in [3.63, 3.8) is 0 Å². The van der Waals surface area contributed by atoms with Crippen LogP contribution in [0.3, 0.4) is 0 Å². The molecule has 0 bridgehead atoms. The molecule has 41 heavy (non-hydrogen) atoms. The normalized spacial score (nSPS) is 18.4. The second-order valence-corrected chi connectivity index (χ2v) is 10.4. The summed E-state index contributed by atoms with van der Waals surface area (Å²) in [5.41, 5.74) is 2.96. The third-order valence-corrected chi connectivity index (χ3v) is 7.95. The van der Waals surface area contributed by atoms with Crippen molar-refractivity contribution in [1.82, 2.24) is 34.5 Å². The fourth-order valence-corrected chi connectivity index (χ4v) is 5.70. The van der Waals surface area contributed by atoms with Crippen LogP contribution < -0.4 is 15.4 Å². The zero-order chi connectivity index (χ0) is 28.5. The Labute approximate surface area is 237 Å². The van der Waals surface area contributed by atoms with Gasteiger partial charge in [-0.05, 0) is 24.5 Å². The highest BCUT2D eigenvalue weighted by Crippen LogP contribution is 2.36. The zero-order valence-corrected chi connectivity index (χ0v) is 23.4. The van der Waals surface area contributed by atoms with E-state index in [1.165, 1.54) is 7.11 Å². The van der Waals surface area contributed by atoms with Gasteiger partial charge in [-0.1, -0.05) is 13.0 Å². The maximum absolute atomic E-state index is 15.0. The summed E-state index contributed by atoms with van der Waals surface area (Å²) in [7, 11) is 3.29. The summed E-state index contributed by atoms with van der Waals surface area (Å²) >= 11 is 0. The maximum Gasteiger partial charge on any atom is 0.256 e. The predicted molar refractivity (Wildman–Crippen MR) is 151 cm³/mol. The average molecular weight is 564 g/mol. The van der Waals surface area contributed by atoms with Crippen molar-refractivity contribution in [3.05, 3.63) is 53.4 Å². The first-order chi connectivity index (χ1) is 19.9. The molecule has 13 heteroatoms. The molecule has 6 rings (SSSR count). The standard InChI is InChI=1S/C28H34FN9O3/c1-4-23(38-11-9-37(10-12-38)17-15-41-16-17)26(39)34-25-20-6-5-19(18(20)7-8-30-25)24-21(29)13-31-28(33-24)32-22-14-36(2)35-27(22)40-3/h5,7-8,13-14,17,23H,4,6,9-12,15-16H2,1-3H3,(H,30,34,39)(H,31,32,33). The number of hydrogen-bond acceptors (Lipinski definition) is 10. The van der Waals surface area contributed by atoms with Gasteiger partial charge in [-0.2, -0.15) is 0 Å². The van der Waals surface area contributed by atoms with Crippen molar-refractivity contribution in [2.45, 2.75) is 31.8 Å². The number of piperazine rings is 1. The Kier molecular flexibility index (Phi) is 7.65. The Hall–Kier alpha value is -3.94. The summed E-state index contributed by atoms with van der Waals surface area (Å²) in [4.78, 5) is 31.2. The SMILES string of the molecule is CCC(C(=O)Nc1nccc2c1CC=C2c1nc(Nc2cn(C)nc2OC)ncc1F)N1CCN(C2COC2)CC1. The van der Waals surface area contributed by atoms with Gasteiger partial charge in [-0.25, -0.2) is 19.3 Å². The van der Waals surface area contributed by atoms with Crippen molar-refractivity contribution in [2.75, 3.05) is 57.1 Å². The van der Waals surface area contributed by atoms with Gasteiger partial charge in [0.2, 0.25) is 11.9 Å². The topological polar surface area (TPSA) is 123 Å². The highest BCUT2D eigenvalue weighted by Gasteiger charge is 2.33. The van der Waals surface area contributed by atoms with Gasteiger partial charge in [0.15, 0.2) is 5.82 Å². The fraction of sp³-hybridized carbons (Fsp3) is 0.464. The van der Waals surface area contributed by atoms with Gasteiger partial charge in [-0.3, -0.25) is 19.3 Å². The molecule has 0 saturated carbocycles. The molecule has 2 aliphatic heterocycles. The number of anilines is 3. The lowest BCUT2D eigenvalue weighted by atomic mass is 10.0. The third-order valence-electron chi connectivity index (χ3n) is 7.95. The number of fused-ring (bicyclic) bond motifs is 1. The van der Waals surface area contributed by atoms with E-state index < -0.39 is 5.82 Å². The lowest BCUT2D eigenvalue weighted by Crippen LogP contribution is -2.59. The Morgan fingerprint density at radius 1 is 1.24 bits per heavy atom. The number of pyridine rings is 1. The molecule has 2 saturated heterocycles. The van der Waals surface area contributed by atoms with E-state index in [9.17, 15) is 4.79 Å². The molecule has 3 aliphatic rings. The van der Waals surface area contributed by atoms with Crippen LogP contribution >= 0.6 is 0 Å². The van der Waals surface area contributed by atoms with E-state index in [0.717, 1.165) is 56.7 Å². The van der Waals surface area contributed by atoms with E-state index in [-0.39, 0.29) is 23.6 Å². The van der Waals surface area contributed by atoms with Crippen LogP contribution in [0.15, 0.2) is 30.7 Å². The summed E-state index contributed by atoms with van der Waals surface area (Å²) in [6.07, 6.45) is 7.59. The highest BCUT2D eigenvalue weighted by atomic mass is 19.1. The second-order valence-electron chi connectivity index (χ2n) is 10.4. The number of halogens is 1. The molecule has 0 spiro atoms. The number of methoxy groups -OCH3 is 1. The van der Waals surface area contributed by atoms with Gasteiger partial charge in [0.25, 0.3) is 5.88 Å². The second kappa shape index (κ2) is 11.5. The van der Waals surface area contributed by atoms with Crippen LogP contribution in [0, 0.1) is 5.82 Å². The first-order valence-electron chi connectivity index (χ1n) is 13.9. The summed E-state index contributed by atoms with van der Waals surface area (Å²) in [5, 5.41) is 10.3. The minimum Gasteiger partial charge on any atom is -0.478 e. The van der Waals surface area contributed by atoms with Gasteiger partial charge in [0, 0.05) is 50.6 Å². The molecular formula is C28H34FN9O3. The number of nitrogens with one attached hydrogen (secondary N) is 2. The Bertz CT molecular complexity index is 1460. The molecule has 1 unspecified atom stereocenters. The number of aryl methyl sites for hydroxylation is 1. The molecule has 216 valence electrons. The molecule has 12 nitrogen and oxygen atoms in total. The highest BCUT2D eigenvalue weighted by molar-refractivity contribution is 5.96. The summed E-state index contributed by atoms with van der Waals surface area (Å²) in [6, 6.07) is 2.08. The van der Waals surface area contributed by atoms with Crippen molar-refractivity contribution >= 4 is 28.9 Å². The van der Waals surface area contributed by atoms with Crippen LogP contribution in [0.1, 0.15) is 30.2 Å². The number of carbonyl (C=O) groups excluding carboxylic acids is 1. The molecule has 0 aromatic carbocycles. The number of allylic oxidation sites excluding steroid dienone is 1. The van der Waals surface area contributed by atoms with E-state index in [1.807, 2.05) is 19.1 Å². The number of hydrogen-bond donors (Lipinski definition) is 2. The van der Waals surface area contributed by atoms with Crippen LogP contribution in [0.2, 0.25) is 0 Å². The molecule has 5 heterocycles. The minimum absolute atomic E-state index is 0.0765. The molecule has 1 atom stereocenters. The number of nitrogens with zero attached hydrogens (tertiary/aromatic N) is 7. The molecule has 1 aliphatic carbocycles. The molecule has 0 radical (unpaired) electrons. The van der Waals surface area contributed by atoms with Crippen LogP contribution in [0.25, 0.3) is 5.57 Å². The van der Waals surface area contributed by atoms with Crippen LogP contribution in [-0.2, 0) is 23.0 Å². The van der Waals surface area contributed by atoms with Gasteiger partial charge in [0.1, 0.15) is 17.2 Å². The van der Waals surface area contributed by atoms with E-state index in [0.29, 0.717) is 41.8 Å². The largest absolute Gasteiger partial charge is 0.478 e. The monoisotopic (exact) mass is 563 g/mol. The lowest BCUT2D eigenvalue weighted by molar-refractivity contribution is -0.123. The summed E-state index contributed by atoms with van der Waals surface area (Å²) in [5.74, 6) is 0.455.